The lowest BCUT2D eigenvalue weighted by Crippen LogP contribution is -2.65. The second-order valence-electron chi connectivity index (χ2n) is 21.1. The van der Waals surface area contributed by atoms with Crippen molar-refractivity contribution in [2.45, 2.75) is 197 Å². The van der Waals surface area contributed by atoms with E-state index in [2.05, 4.69) is 34.6 Å². The Morgan fingerprint density at radius 2 is 1.40 bits per heavy atom. The molecule has 3 unspecified atom stereocenters. The highest BCUT2D eigenvalue weighted by Crippen LogP contribution is 2.89. The van der Waals surface area contributed by atoms with Gasteiger partial charge in [-0.25, -0.2) is 0 Å². The maximum atomic E-state index is 12.2. The lowest BCUT2D eigenvalue weighted by Gasteiger charge is -2.65. The van der Waals surface area contributed by atoms with Gasteiger partial charge in [0.05, 0.1) is 48.8 Å². The topological polar surface area (TPSA) is 228 Å². The van der Waals surface area contributed by atoms with Gasteiger partial charge in [0, 0.05) is 5.92 Å². The van der Waals surface area contributed by atoms with Crippen LogP contribution < -0.4 is 0 Å². The number of hydrogen-bond donors (Lipinski definition) is 9. The van der Waals surface area contributed by atoms with Crippen molar-refractivity contribution in [2.75, 3.05) is 13.2 Å². The molecule has 3 aliphatic heterocycles. The molecule has 3 heterocycles. The van der Waals surface area contributed by atoms with Crippen LogP contribution in [0.1, 0.15) is 106 Å². The minimum atomic E-state index is -1.60. The summed E-state index contributed by atoms with van der Waals surface area (Å²) in [6.07, 6.45) is -7.48. The smallest absolute Gasteiger partial charge is 0.186 e. The summed E-state index contributed by atoms with van der Waals surface area (Å²) in [6, 6.07) is 0. The molecule has 0 aromatic heterocycles. The zero-order valence-electron chi connectivity index (χ0n) is 33.6. The van der Waals surface area contributed by atoms with Gasteiger partial charge in [-0.1, -0.05) is 27.7 Å². The van der Waals surface area contributed by atoms with Gasteiger partial charge in [-0.2, -0.15) is 0 Å². The van der Waals surface area contributed by atoms with E-state index in [-0.39, 0.29) is 52.1 Å². The number of fused-ring (bicyclic) bond motifs is 2. The first kappa shape index (κ1) is 41.2. The number of hydrogen-bond acceptors (Lipinski definition) is 14. The molecule has 21 atom stereocenters. The standard InChI is InChI=1S/C41H68O14/c1-35(2)24(54-33-29(48)26(45)20(44)17-51-33)9-11-41-18-40(41)13-12-37(5)31(39(7)10-8-25(55-39)36(3,4)50)19(43)15-38(37,6)23(40)14-21(32(35)41)52-34-30(49)28(47)27(46)22(16-42)53-34/h19-34,42-50H,8-18H2,1-7H3/t19-,20+,21-,22+,23-,24-,25?,26-,27+,28-,29+,30+,31-,32-,33-,34+,37+,38-,39+,40?,41?/m0/s1. The van der Waals surface area contributed by atoms with Gasteiger partial charge in [-0.15, -0.1) is 0 Å². The van der Waals surface area contributed by atoms with E-state index in [9.17, 15) is 46.0 Å². The van der Waals surface area contributed by atoms with Crippen LogP contribution in [-0.2, 0) is 23.7 Å². The fourth-order valence-electron chi connectivity index (χ4n) is 14.9. The van der Waals surface area contributed by atoms with Crippen molar-refractivity contribution >= 4 is 0 Å². The van der Waals surface area contributed by atoms with Crippen LogP contribution in [0.4, 0.5) is 0 Å². The van der Waals surface area contributed by atoms with Gasteiger partial charge in [0.1, 0.15) is 42.7 Å². The predicted molar refractivity (Wildman–Crippen MR) is 194 cm³/mol. The Bertz CT molecular complexity index is 1460. The first-order valence-electron chi connectivity index (χ1n) is 20.9. The van der Waals surface area contributed by atoms with E-state index in [1.807, 2.05) is 0 Å². The monoisotopic (exact) mass is 784 g/mol. The molecule has 55 heavy (non-hydrogen) atoms. The van der Waals surface area contributed by atoms with E-state index in [0.717, 1.165) is 32.1 Å². The minimum absolute atomic E-state index is 0.0633. The summed E-state index contributed by atoms with van der Waals surface area (Å²) in [5.74, 6) is -0.215. The third-order valence-corrected chi connectivity index (χ3v) is 17.6. The van der Waals surface area contributed by atoms with E-state index in [0.29, 0.717) is 25.7 Å². The van der Waals surface area contributed by atoms with Gasteiger partial charge in [0.15, 0.2) is 12.6 Å². The molecular weight excluding hydrogens is 716 g/mol. The van der Waals surface area contributed by atoms with Crippen LogP contribution in [0.15, 0.2) is 0 Å². The first-order chi connectivity index (χ1) is 25.5. The molecule has 0 aromatic rings. The van der Waals surface area contributed by atoms with Gasteiger partial charge in [-0.05, 0) is 117 Å². The number of rotatable bonds is 7. The van der Waals surface area contributed by atoms with Gasteiger partial charge in [0.25, 0.3) is 0 Å². The third kappa shape index (κ3) is 5.70. The van der Waals surface area contributed by atoms with Crippen molar-refractivity contribution in [3.05, 3.63) is 0 Å². The molecule has 8 aliphatic rings. The molecule has 14 heteroatoms. The number of aliphatic hydroxyl groups is 9. The summed E-state index contributed by atoms with van der Waals surface area (Å²) >= 11 is 0. The summed E-state index contributed by atoms with van der Waals surface area (Å²) in [6.45, 7) is 13.8. The molecule has 0 aromatic carbocycles. The normalized spacial score (nSPS) is 58.7. The van der Waals surface area contributed by atoms with Crippen LogP contribution in [0.3, 0.4) is 0 Å². The predicted octanol–water partition coefficient (Wildman–Crippen LogP) is 0.724. The number of ether oxygens (including phenoxy) is 5. The maximum absolute atomic E-state index is 12.2. The van der Waals surface area contributed by atoms with Crippen LogP contribution in [0.2, 0.25) is 0 Å². The van der Waals surface area contributed by atoms with E-state index >= 15 is 0 Å². The Kier molecular flexibility index (Phi) is 9.90. The number of aliphatic hydroxyl groups excluding tert-OH is 8. The second-order valence-corrected chi connectivity index (χ2v) is 21.1. The second kappa shape index (κ2) is 13.2. The first-order valence-corrected chi connectivity index (χ1v) is 20.9. The van der Waals surface area contributed by atoms with Crippen LogP contribution in [-0.4, -0.2) is 150 Å². The van der Waals surface area contributed by atoms with Crippen molar-refractivity contribution in [2.24, 2.45) is 44.8 Å². The lowest BCUT2D eigenvalue weighted by atomic mass is 9.41. The van der Waals surface area contributed by atoms with Crippen molar-refractivity contribution in [3.63, 3.8) is 0 Å². The Hall–Kier alpha value is -0.560. The van der Waals surface area contributed by atoms with E-state index in [1.165, 1.54) is 0 Å². The Morgan fingerprint density at radius 3 is 2.05 bits per heavy atom. The molecule has 0 amide bonds. The molecule has 5 saturated carbocycles. The van der Waals surface area contributed by atoms with Crippen molar-refractivity contribution in [1.29, 1.82) is 0 Å². The lowest BCUT2D eigenvalue weighted by molar-refractivity contribution is -0.339. The molecule has 9 N–H and O–H groups in total. The molecule has 2 spiro atoms. The highest BCUT2D eigenvalue weighted by Gasteiger charge is 2.85. The average Bonchev–Trinajstić information content (AvgIpc) is 3.47. The molecule has 5 aliphatic carbocycles. The fourth-order valence-corrected chi connectivity index (χ4v) is 14.9. The fraction of sp³-hybridized carbons (Fsp3) is 1.00. The van der Waals surface area contributed by atoms with Crippen LogP contribution in [0, 0.1) is 44.8 Å². The van der Waals surface area contributed by atoms with E-state index in [1.54, 1.807) is 13.8 Å². The summed E-state index contributed by atoms with van der Waals surface area (Å²) in [4.78, 5) is 0. The van der Waals surface area contributed by atoms with Gasteiger partial charge in [-0.3, -0.25) is 0 Å². The summed E-state index contributed by atoms with van der Waals surface area (Å²) in [5.41, 5.74) is -3.16. The molecule has 316 valence electrons. The molecule has 8 rings (SSSR count). The highest BCUT2D eigenvalue weighted by molar-refractivity contribution is 5.33. The molecule has 8 fully saturated rings. The Balaban J connectivity index is 1.15. The zero-order chi connectivity index (χ0) is 40.1. The average molecular weight is 785 g/mol. The van der Waals surface area contributed by atoms with Gasteiger partial charge >= 0.3 is 0 Å². The van der Waals surface area contributed by atoms with Gasteiger partial charge in [0.2, 0.25) is 0 Å². The largest absolute Gasteiger partial charge is 0.394 e. The highest BCUT2D eigenvalue weighted by atomic mass is 16.7. The molecule has 0 radical (unpaired) electrons. The summed E-state index contributed by atoms with van der Waals surface area (Å²) in [5, 5.41) is 97.2. The van der Waals surface area contributed by atoms with E-state index < -0.39 is 96.8 Å². The van der Waals surface area contributed by atoms with E-state index in [4.69, 9.17) is 23.7 Å². The van der Waals surface area contributed by atoms with Crippen molar-refractivity contribution in [1.82, 2.24) is 0 Å². The molecule has 0 bridgehead atoms. The van der Waals surface area contributed by atoms with Crippen LogP contribution in [0.25, 0.3) is 0 Å². The molecular formula is C41H68O14. The minimum Gasteiger partial charge on any atom is -0.394 e. The zero-order valence-corrected chi connectivity index (χ0v) is 33.6. The SMILES string of the molecule is CC(C)(O)C1CC[C@](C)([C@H]2[C@@H](O)C[C@@]3(C)[C@@H]4C[C@H](O[C@@H]5O[C@H](CO)[C@@H](O)[C@H](O)[C@H]5O)[C@H]5C(C)(C)[C@@H](O[C@@H]6OC[C@@H](O)[C@H](O)[C@H]6O)CCC56CC46CC[C@]23C)O1. The van der Waals surface area contributed by atoms with Crippen LogP contribution >= 0.6 is 0 Å². The van der Waals surface area contributed by atoms with Gasteiger partial charge < -0.3 is 69.6 Å². The summed E-state index contributed by atoms with van der Waals surface area (Å²) < 4.78 is 31.9. The third-order valence-electron chi connectivity index (χ3n) is 17.6. The van der Waals surface area contributed by atoms with Crippen LogP contribution in [0.5, 0.6) is 0 Å². The summed E-state index contributed by atoms with van der Waals surface area (Å²) in [7, 11) is 0. The quantitative estimate of drug-likeness (QED) is 0.162. The Labute approximate surface area is 324 Å². The molecule has 14 nitrogen and oxygen atoms in total. The maximum Gasteiger partial charge on any atom is 0.186 e. The van der Waals surface area contributed by atoms with Crippen molar-refractivity contribution in [3.8, 4) is 0 Å². The Morgan fingerprint density at radius 1 is 0.709 bits per heavy atom. The van der Waals surface area contributed by atoms with Crippen molar-refractivity contribution < 1.29 is 69.6 Å². The molecule has 3 saturated heterocycles.